The smallest absolute Gasteiger partial charge is 0.324 e. The summed E-state index contributed by atoms with van der Waals surface area (Å²) in [6, 6.07) is 0.382. The highest BCUT2D eigenvalue weighted by Gasteiger charge is 2.36. The highest BCUT2D eigenvalue weighted by molar-refractivity contribution is 5.76. The number of hydrogen-bond donors (Lipinski definition) is 0. The zero-order valence-corrected chi connectivity index (χ0v) is 15.7. The standard InChI is InChI=1S/C17H25F2N5O3/c1-26-15-20-14(21-16(22-15)27-2)24-7-3-12(4-8-24)11-13(25)23-9-5-17(18,19)6-10-23/h12H,3-11H2,1-2H3. The molecule has 8 nitrogen and oxygen atoms in total. The lowest BCUT2D eigenvalue weighted by Crippen LogP contribution is -2.44. The van der Waals surface area contributed by atoms with Gasteiger partial charge >= 0.3 is 12.0 Å². The van der Waals surface area contributed by atoms with E-state index in [-0.39, 0.29) is 49.8 Å². The van der Waals surface area contributed by atoms with Gasteiger partial charge in [0.05, 0.1) is 14.2 Å². The van der Waals surface area contributed by atoms with Crippen molar-refractivity contribution in [2.75, 3.05) is 45.3 Å². The topological polar surface area (TPSA) is 80.7 Å². The van der Waals surface area contributed by atoms with Gasteiger partial charge in [0.1, 0.15) is 0 Å². The number of likely N-dealkylation sites (tertiary alicyclic amines) is 1. The Kier molecular flexibility index (Phi) is 5.91. The van der Waals surface area contributed by atoms with Crippen molar-refractivity contribution >= 4 is 11.9 Å². The molecule has 0 aromatic carbocycles. The van der Waals surface area contributed by atoms with E-state index >= 15 is 0 Å². The summed E-state index contributed by atoms with van der Waals surface area (Å²) in [6.07, 6.45) is 1.56. The fourth-order valence-corrected chi connectivity index (χ4v) is 3.45. The number of carbonyl (C=O) groups excluding carboxylic acids is 1. The van der Waals surface area contributed by atoms with Gasteiger partial charge in [0, 0.05) is 45.4 Å². The van der Waals surface area contributed by atoms with E-state index in [4.69, 9.17) is 9.47 Å². The highest BCUT2D eigenvalue weighted by Crippen LogP contribution is 2.30. The number of alkyl halides is 2. The SMILES string of the molecule is COc1nc(OC)nc(N2CCC(CC(=O)N3CCC(F)(F)CC3)CC2)n1. The second-order valence-corrected chi connectivity index (χ2v) is 6.98. The Bertz CT molecular complexity index is 636. The number of hydrogen-bond acceptors (Lipinski definition) is 7. The van der Waals surface area contributed by atoms with Crippen LogP contribution < -0.4 is 14.4 Å². The normalized spacial score (nSPS) is 20.4. The first-order chi connectivity index (χ1) is 12.9. The molecule has 0 bridgehead atoms. The van der Waals surface area contributed by atoms with Gasteiger partial charge in [-0.05, 0) is 18.8 Å². The lowest BCUT2D eigenvalue weighted by molar-refractivity contribution is -0.138. The number of piperidine rings is 2. The molecule has 1 amide bonds. The van der Waals surface area contributed by atoms with Crippen molar-refractivity contribution in [3.8, 4) is 12.0 Å². The van der Waals surface area contributed by atoms with E-state index in [0.717, 1.165) is 12.8 Å². The van der Waals surface area contributed by atoms with Gasteiger partial charge in [-0.1, -0.05) is 0 Å². The fraction of sp³-hybridized carbons (Fsp3) is 0.765. The molecule has 27 heavy (non-hydrogen) atoms. The molecule has 150 valence electrons. The Balaban J connectivity index is 1.51. The van der Waals surface area contributed by atoms with E-state index in [2.05, 4.69) is 15.0 Å². The van der Waals surface area contributed by atoms with Crippen LogP contribution in [0.3, 0.4) is 0 Å². The molecule has 1 aromatic heterocycles. The number of halogens is 2. The van der Waals surface area contributed by atoms with Crippen molar-refractivity contribution in [1.29, 1.82) is 0 Å². The number of aromatic nitrogens is 3. The molecule has 10 heteroatoms. The maximum absolute atomic E-state index is 13.2. The Labute approximate surface area is 156 Å². The Morgan fingerprint density at radius 2 is 1.59 bits per heavy atom. The lowest BCUT2D eigenvalue weighted by atomic mass is 9.92. The third-order valence-electron chi connectivity index (χ3n) is 5.16. The summed E-state index contributed by atoms with van der Waals surface area (Å²) in [5, 5.41) is 0. The Morgan fingerprint density at radius 3 is 2.11 bits per heavy atom. The first-order valence-electron chi connectivity index (χ1n) is 9.15. The fourth-order valence-electron chi connectivity index (χ4n) is 3.45. The van der Waals surface area contributed by atoms with Gasteiger partial charge in [-0.25, -0.2) is 8.78 Å². The van der Waals surface area contributed by atoms with Gasteiger partial charge in [0.2, 0.25) is 11.9 Å². The van der Waals surface area contributed by atoms with Crippen LogP contribution in [0.15, 0.2) is 0 Å². The number of anilines is 1. The molecule has 2 fully saturated rings. The summed E-state index contributed by atoms with van der Waals surface area (Å²) >= 11 is 0. The molecule has 1 aromatic rings. The minimum atomic E-state index is -2.63. The highest BCUT2D eigenvalue weighted by atomic mass is 19.3. The van der Waals surface area contributed by atoms with Gasteiger partial charge in [-0.3, -0.25) is 4.79 Å². The number of ether oxygens (including phenoxy) is 2. The monoisotopic (exact) mass is 385 g/mol. The van der Waals surface area contributed by atoms with Crippen LogP contribution in [0.25, 0.3) is 0 Å². The summed E-state index contributed by atoms with van der Waals surface area (Å²) in [6.45, 7) is 1.70. The van der Waals surface area contributed by atoms with Gasteiger partial charge in [0.25, 0.3) is 5.92 Å². The van der Waals surface area contributed by atoms with Crippen LogP contribution in [0.5, 0.6) is 12.0 Å². The van der Waals surface area contributed by atoms with Crippen LogP contribution >= 0.6 is 0 Å². The summed E-state index contributed by atoms with van der Waals surface area (Å²) in [4.78, 5) is 28.5. The minimum Gasteiger partial charge on any atom is -0.467 e. The van der Waals surface area contributed by atoms with Crippen molar-refractivity contribution in [3.63, 3.8) is 0 Å². The number of methoxy groups -OCH3 is 2. The van der Waals surface area contributed by atoms with E-state index in [0.29, 0.717) is 25.5 Å². The van der Waals surface area contributed by atoms with E-state index < -0.39 is 5.92 Å². The summed E-state index contributed by atoms with van der Waals surface area (Å²) in [7, 11) is 2.96. The molecular formula is C17H25F2N5O3. The lowest BCUT2D eigenvalue weighted by Gasteiger charge is -2.35. The minimum absolute atomic E-state index is 0.0209. The Morgan fingerprint density at radius 1 is 1.04 bits per heavy atom. The summed E-state index contributed by atoms with van der Waals surface area (Å²) < 4.78 is 36.6. The van der Waals surface area contributed by atoms with Crippen molar-refractivity contribution in [2.24, 2.45) is 5.92 Å². The number of carbonyl (C=O) groups is 1. The van der Waals surface area contributed by atoms with Crippen LogP contribution in [0.1, 0.15) is 32.1 Å². The van der Waals surface area contributed by atoms with E-state index in [1.165, 1.54) is 14.2 Å². The first kappa shape index (κ1) is 19.5. The van der Waals surface area contributed by atoms with E-state index in [1.807, 2.05) is 4.90 Å². The molecule has 2 saturated heterocycles. The molecule has 0 atom stereocenters. The molecule has 0 radical (unpaired) electrons. The van der Waals surface area contributed by atoms with Gasteiger partial charge in [-0.2, -0.15) is 9.97 Å². The second-order valence-electron chi connectivity index (χ2n) is 6.98. The van der Waals surface area contributed by atoms with Crippen LogP contribution in [0.4, 0.5) is 14.7 Å². The average Bonchev–Trinajstić information content (AvgIpc) is 2.68. The van der Waals surface area contributed by atoms with Crippen LogP contribution in [-0.4, -0.2) is 72.1 Å². The number of rotatable bonds is 5. The molecule has 3 heterocycles. The largest absolute Gasteiger partial charge is 0.467 e. The van der Waals surface area contributed by atoms with E-state index in [1.54, 1.807) is 4.90 Å². The van der Waals surface area contributed by atoms with E-state index in [9.17, 15) is 13.6 Å². The van der Waals surface area contributed by atoms with Crippen molar-refractivity contribution < 1.29 is 23.0 Å². The van der Waals surface area contributed by atoms with Gasteiger partial charge < -0.3 is 19.3 Å². The van der Waals surface area contributed by atoms with Gasteiger partial charge in [-0.15, -0.1) is 4.98 Å². The number of amides is 1. The van der Waals surface area contributed by atoms with Crippen LogP contribution in [-0.2, 0) is 4.79 Å². The molecule has 0 unspecified atom stereocenters. The van der Waals surface area contributed by atoms with Crippen LogP contribution in [0.2, 0.25) is 0 Å². The zero-order valence-electron chi connectivity index (χ0n) is 15.7. The first-order valence-corrected chi connectivity index (χ1v) is 9.15. The third-order valence-corrected chi connectivity index (χ3v) is 5.16. The predicted octanol–water partition coefficient (Wildman–Crippen LogP) is 1.75. The molecule has 2 aliphatic rings. The molecule has 2 aliphatic heterocycles. The average molecular weight is 385 g/mol. The summed E-state index contributed by atoms with van der Waals surface area (Å²) in [5.74, 6) is -1.93. The molecule has 0 saturated carbocycles. The molecule has 3 rings (SSSR count). The quantitative estimate of drug-likeness (QED) is 0.764. The van der Waals surface area contributed by atoms with Crippen LogP contribution in [0, 0.1) is 5.92 Å². The molecule has 0 aliphatic carbocycles. The molecule has 0 spiro atoms. The molecular weight excluding hydrogens is 360 g/mol. The third kappa shape index (κ3) is 4.92. The Hall–Kier alpha value is -2.26. The maximum atomic E-state index is 13.2. The van der Waals surface area contributed by atoms with Gasteiger partial charge in [0.15, 0.2) is 0 Å². The van der Waals surface area contributed by atoms with Crippen molar-refractivity contribution in [3.05, 3.63) is 0 Å². The predicted molar refractivity (Wildman–Crippen MR) is 93.2 cm³/mol. The van der Waals surface area contributed by atoms with Crippen molar-refractivity contribution in [2.45, 2.75) is 38.0 Å². The number of nitrogens with zero attached hydrogens (tertiary/aromatic N) is 5. The maximum Gasteiger partial charge on any atom is 0.324 e. The zero-order chi connectivity index (χ0) is 19.4. The molecule has 0 N–H and O–H groups in total. The second kappa shape index (κ2) is 8.18. The van der Waals surface area contributed by atoms with Crippen molar-refractivity contribution in [1.82, 2.24) is 19.9 Å². The summed E-state index contributed by atoms with van der Waals surface area (Å²) in [5.41, 5.74) is 0.